The van der Waals surface area contributed by atoms with Crippen molar-refractivity contribution < 1.29 is 31.9 Å². The van der Waals surface area contributed by atoms with Crippen molar-refractivity contribution in [3.05, 3.63) is 35.1 Å². The van der Waals surface area contributed by atoms with E-state index in [-0.39, 0.29) is 6.07 Å². The Morgan fingerprint density at radius 1 is 1.31 bits per heavy atom. The van der Waals surface area contributed by atoms with Gasteiger partial charge in [-0.1, -0.05) is 6.07 Å². The van der Waals surface area contributed by atoms with Crippen LogP contribution < -0.4 is 0 Å². The zero-order valence-corrected chi connectivity index (χ0v) is 7.55. The molecule has 0 saturated heterocycles. The van der Waals surface area contributed by atoms with Gasteiger partial charge in [0.05, 0.1) is 5.56 Å². The minimum absolute atomic E-state index is 0.0604. The van der Waals surface area contributed by atoms with Gasteiger partial charge in [-0.15, -0.1) is 0 Å². The van der Waals surface area contributed by atoms with Crippen LogP contribution in [0.1, 0.15) is 17.3 Å². The Morgan fingerprint density at radius 2 is 1.88 bits per heavy atom. The number of hydrogen-bond acceptors (Lipinski definition) is 1. The Hall–Kier alpha value is -1.66. The molecule has 1 aromatic rings. The molecule has 0 aliphatic carbocycles. The molecule has 1 unspecified atom stereocenters. The summed E-state index contributed by atoms with van der Waals surface area (Å²) in [6.07, 6.45) is -7.84. The molecule has 0 aromatic heterocycles. The van der Waals surface area contributed by atoms with Crippen LogP contribution >= 0.6 is 0 Å². The van der Waals surface area contributed by atoms with Crippen LogP contribution in [0, 0.1) is 5.82 Å². The standard InChI is InChI=1S/C9H5F5O2/c10-4-1-2-5(7(11)8(15)16)6(3-4)9(12,13)14/h1-3,7H,(H,15,16). The lowest BCUT2D eigenvalue weighted by Gasteiger charge is -2.13. The predicted octanol–water partition coefficient (Wildman–Crippen LogP) is 2.94. The predicted molar refractivity (Wildman–Crippen MR) is 42.9 cm³/mol. The maximum absolute atomic E-state index is 13.0. The van der Waals surface area contributed by atoms with Crippen LogP contribution in [-0.4, -0.2) is 11.1 Å². The second-order valence-electron chi connectivity index (χ2n) is 2.93. The van der Waals surface area contributed by atoms with Crippen molar-refractivity contribution in [1.82, 2.24) is 0 Å². The highest BCUT2D eigenvalue weighted by Crippen LogP contribution is 2.36. The van der Waals surface area contributed by atoms with E-state index in [4.69, 9.17) is 5.11 Å². The normalized spacial score (nSPS) is 13.6. The SMILES string of the molecule is O=C(O)C(F)c1ccc(F)cc1C(F)(F)F. The average molecular weight is 240 g/mol. The van der Waals surface area contributed by atoms with Crippen molar-refractivity contribution in [3.63, 3.8) is 0 Å². The number of carboxylic acid groups (broad SMARTS) is 1. The second kappa shape index (κ2) is 4.07. The van der Waals surface area contributed by atoms with Crippen LogP contribution in [0.3, 0.4) is 0 Å². The molecule has 0 heterocycles. The summed E-state index contributed by atoms with van der Waals surface area (Å²) in [5.74, 6) is -3.27. The molecule has 0 aliphatic rings. The molecular formula is C9H5F5O2. The van der Waals surface area contributed by atoms with Gasteiger partial charge in [-0.2, -0.15) is 13.2 Å². The van der Waals surface area contributed by atoms with E-state index < -0.39 is 35.3 Å². The maximum atomic E-state index is 13.0. The number of benzene rings is 1. The summed E-state index contributed by atoms with van der Waals surface area (Å²) in [6.45, 7) is 0. The van der Waals surface area contributed by atoms with E-state index in [1.807, 2.05) is 0 Å². The first kappa shape index (κ1) is 12.4. The van der Waals surface area contributed by atoms with Gasteiger partial charge in [-0.3, -0.25) is 0 Å². The molecule has 0 aliphatic heterocycles. The van der Waals surface area contributed by atoms with Crippen LogP contribution in [-0.2, 0) is 11.0 Å². The van der Waals surface area contributed by atoms with E-state index in [0.29, 0.717) is 12.1 Å². The molecule has 2 nitrogen and oxygen atoms in total. The first-order chi connectivity index (χ1) is 7.23. The van der Waals surface area contributed by atoms with Crippen molar-refractivity contribution >= 4 is 5.97 Å². The molecule has 88 valence electrons. The molecule has 0 amide bonds. The molecule has 1 rings (SSSR count). The van der Waals surface area contributed by atoms with E-state index in [2.05, 4.69) is 0 Å². The number of carboxylic acids is 1. The molecule has 0 fully saturated rings. The van der Waals surface area contributed by atoms with E-state index in [0.717, 1.165) is 0 Å². The third kappa shape index (κ3) is 2.47. The summed E-state index contributed by atoms with van der Waals surface area (Å²) in [4.78, 5) is 10.2. The molecular weight excluding hydrogens is 235 g/mol. The number of alkyl halides is 4. The summed E-state index contributed by atoms with van der Waals surface area (Å²) in [6, 6.07) is 1.10. The fraction of sp³-hybridized carbons (Fsp3) is 0.222. The maximum Gasteiger partial charge on any atom is 0.416 e. The average Bonchev–Trinajstić information content (AvgIpc) is 2.15. The van der Waals surface area contributed by atoms with Crippen LogP contribution in [0.5, 0.6) is 0 Å². The first-order valence-electron chi connectivity index (χ1n) is 3.97. The lowest BCUT2D eigenvalue weighted by Crippen LogP contribution is -2.15. The fourth-order valence-corrected chi connectivity index (χ4v) is 1.13. The Kier molecular flexibility index (Phi) is 3.16. The number of aliphatic carboxylic acids is 1. The van der Waals surface area contributed by atoms with Gasteiger partial charge in [0.2, 0.25) is 6.17 Å². The molecule has 0 spiro atoms. The molecule has 16 heavy (non-hydrogen) atoms. The van der Waals surface area contributed by atoms with Crippen LogP contribution in [0.4, 0.5) is 22.0 Å². The Bertz CT molecular complexity index is 413. The second-order valence-corrected chi connectivity index (χ2v) is 2.93. The van der Waals surface area contributed by atoms with Gasteiger partial charge in [0, 0.05) is 5.56 Å². The summed E-state index contributed by atoms with van der Waals surface area (Å²) in [5.41, 5.74) is -2.73. The Labute approximate surface area is 86.3 Å². The minimum atomic E-state index is -5.00. The van der Waals surface area contributed by atoms with E-state index in [1.165, 1.54) is 0 Å². The molecule has 1 N–H and O–H groups in total. The summed E-state index contributed by atoms with van der Waals surface area (Å²) < 4.78 is 62.5. The van der Waals surface area contributed by atoms with Gasteiger partial charge in [0.1, 0.15) is 5.82 Å². The van der Waals surface area contributed by atoms with Crippen molar-refractivity contribution in [3.8, 4) is 0 Å². The topological polar surface area (TPSA) is 37.3 Å². The highest BCUT2D eigenvalue weighted by Gasteiger charge is 2.37. The lowest BCUT2D eigenvalue weighted by molar-refractivity contribution is -0.145. The monoisotopic (exact) mass is 240 g/mol. The summed E-state index contributed by atoms with van der Waals surface area (Å²) >= 11 is 0. The first-order valence-corrected chi connectivity index (χ1v) is 3.97. The van der Waals surface area contributed by atoms with E-state index in [1.54, 1.807) is 0 Å². The number of carbonyl (C=O) groups is 1. The molecule has 0 radical (unpaired) electrons. The fourth-order valence-electron chi connectivity index (χ4n) is 1.13. The van der Waals surface area contributed by atoms with E-state index in [9.17, 15) is 26.7 Å². The smallest absolute Gasteiger partial charge is 0.416 e. The minimum Gasteiger partial charge on any atom is -0.479 e. The van der Waals surface area contributed by atoms with Gasteiger partial charge in [-0.05, 0) is 12.1 Å². The summed E-state index contributed by atoms with van der Waals surface area (Å²) in [7, 11) is 0. The van der Waals surface area contributed by atoms with Gasteiger partial charge in [0.15, 0.2) is 0 Å². The third-order valence-corrected chi connectivity index (χ3v) is 1.81. The van der Waals surface area contributed by atoms with Gasteiger partial charge in [0.25, 0.3) is 0 Å². The van der Waals surface area contributed by atoms with E-state index >= 15 is 0 Å². The van der Waals surface area contributed by atoms with Crippen molar-refractivity contribution in [1.29, 1.82) is 0 Å². The molecule has 0 saturated carbocycles. The van der Waals surface area contributed by atoms with Gasteiger partial charge in [-0.25, -0.2) is 13.6 Å². The zero-order chi connectivity index (χ0) is 12.5. The number of halogens is 5. The van der Waals surface area contributed by atoms with Crippen molar-refractivity contribution in [2.75, 3.05) is 0 Å². The van der Waals surface area contributed by atoms with Crippen LogP contribution in [0.2, 0.25) is 0 Å². The highest BCUT2D eigenvalue weighted by atomic mass is 19.4. The molecule has 0 bridgehead atoms. The molecule has 1 atom stereocenters. The highest BCUT2D eigenvalue weighted by molar-refractivity contribution is 5.74. The van der Waals surface area contributed by atoms with Crippen LogP contribution in [0.15, 0.2) is 18.2 Å². The number of rotatable bonds is 2. The lowest BCUT2D eigenvalue weighted by atomic mass is 10.0. The van der Waals surface area contributed by atoms with Crippen molar-refractivity contribution in [2.24, 2.45) is 0 Å². The Balaban J connectivity index is 3.34. The summed E-state index contributed by atoms with van der Waals surface area (Å²) in [5, 5.41) is 8.26. The zero-order valence-electron chi connectivity index (χ0n) is 7.55. The molecule has 1 aromatic carbocycles. The Morgan fingerprint density at radius 3 is 2.31 bits per heavy atom. The largest absolute Gasteiger partial charge is 0.479 e. The number of hydrogen-bond donors (Lipinski definition) is 1. The van der Waals surface area contributed by atoms with Gasteiger partial charge >= 0.3 is 12.1 Å². The molecule has 7 heteroatoms. The third-order valence-electron chi connectivity index (χ3n) is 1.81. The van der Waals surface area contributed by atoms with Crippen molar-refractivity contribution in [2.45, 2.75) is 12.3 Å². The van der Waals surface area contributed by atoms with Gasteiger partial charge < -0.3 is 5.11 Å². The quantitative estimate of drug-likeness (QED) is 0.807. The van der Waals surface area contributed by atoms with Crippen LogP contribution in [0.25, 0.3) is 0 Å².